The van der Waals surface area contributed by atoms with E-state index in [2.05, 4.69) is 20.6 Å². The number of carbonyl (C=O) groups is 1. The number of carbonyl (C=O) groups excluding carboxylic acids is 1. The summed E-state index contributed by atoms with van der Waals surface area (Å²) in [5, 5.41) is 5.53. The van der Waals surface area contributed by atoms with Crippen molar-refractivity contribution in [1.82, 2.24) is 14.9 Å². The quantitative estimate of drug-likeness (QED) is 0.538. The van der Waals surface area contributed by atoms with Crippen molar-refractivity contribution >= 4 is 23.3 Å². The fourth-order valence-corrected chi connectivity index (χ4v) is 3.28. The minimum atomic E-state index is -0.641. The van der Waals surface area contributed by atoms with Gasteiger partial charge < -0.3 is 29.7 Å². The van der Waals surface area contributed by atoms with Crippen LogP contribution in [0.2, 0.25) is 0 Å². The van der Waals surface area contributed by atoms with Crippen LogP contribution in [0.1, 0.15) is 26.7 Å². The first kappa shape index (κ1) is 24.4. The molecule has 0 aliphatic carbocycles. The number of likely N-dealkylation sites (tertiary alicyclic amines) is 1. The number of anilines is 3. The molecule has 1 amide bonds. The predicted octanol–water partition coefficient (Wildman–Crippen LogP) is 3.94. The minimum absolute atomic E-state index is 0.0467. The molecule has 2 aromatic rings. The topological polar surface area (TPSA) is 97.8 Å². The number of nitrogens with one attached hydrogen (secondary N) is 2. The lowest BCUT2D eigenvalue weighted by Gasteiger charge is -2.31. The molecule has 0 atom stereocenters. The summed E-state index contributed by atoms with van der Waals surface area (Å²) < 4.78 is 44.8. The van der Waals surface area contributed by atoms with Gasteiger partial charge in [0, 0.05) is 57.8 Å². The van der Waals surface area contributed by atoms with Gasteiger partial charge in [-0.05, 0) is 13.8 Å². The molecule has 0 unspecified atom stereocenters. The summed E-state index contributed by atoms with van der Waals surface area (Å²) in [5.41, 5.74) is -0.0168. The number of amides is 1. The maximum absolute atomic E-state index is 14.5. The van der Waals surface area contributed by atoms with E-state index in [1.54, 1.807) is 4.90 Å². The van der Waals surface area contributed by atoms with Crippen LogP contribution < -0.4 is 15.4 Å². The molecule has 1 aliphatic rings. The van der Waals surface area contributed by atoms with Crippen molar-refractivity contribution in [1.29, 1.82) is 0 Å². The number of piperidine rings is 1. The molecule has 2 heterocycles. The maximum atomic E-state index is 14.5. The van der Waals surface area contributed by atoms with Crippen LogP contribution in [0.3, 0.4) is 0 Å². The van der Waals surface area contributed by atoms with Gasteiger partial charge in [-0.1, -0.05) is 0 Å². The molecule has 9 nitrogen and oxygen atoms in total. The third-order valence-corrected chi connectivity index (χ3v) is 4.91. The van der Waals surface area contributed by atoms with Crippen LogP contribution in [0.5, 0.6) is 5.88 Å². The van der Waals surface area contributed by atoms with E-state index in [4.69, 9.17) is 14.2 Å². The fourth-order valence-electron chi connectivity index (χ4n) is 3.28. The molecule has 1 aromatic heterocycles. The molecule has 0 radical (unpaired) electrons. The highest BCUT2D eigenvalue weighted by Crippen LogP contribution is 2.26. The highest BCUT2D eigenvalue weighted by atomic mass is 19.1. The average Bonchev–Trinajstić information content (AvgIpc) is 2.77. The van der Waals surface area contributed by atoms with E-state index in [0.717, 1.165) is 12.1 Å². The highest BCUT2D eigenvalue weighted by Gasteiger charge is 2.25. The molecule has 1 saturated heterocycles. The van der Waals surface area contributed by atoms with Crippen molar-refractivity contribution in [2.45, 2.75) is 38.9 Å². The van der Waals surface area contributed by atoms with E-state index in [0.29, 0.717) is 45.0 Å². The summed E-state index contributed by atoms with van der Waals surface area (Å²) in [7, 11) is 1.53. The number of ether oxygens (including phenoxy) is 3. The molecule has 33 heavy (non-hydrogen) atoms. The molecule has 11 heteroatoms. The Hall–Kier alpha value is -3.21. The van der Waals surface area contributed by atoms with Gasteiger partial charge in [-0.2, -0.15) is 0 Å². The Morgan fingerprint density at radius 1 is 1.15 bits per heavy atom. The Morgan fingerprint density at radius 3 is 2.55 bits per heavy atom. The molecular formula is C22H29F2N5O4. The second-order valence-corrected chi connectivity index (χ2v) is 7.83. The van der Waals surface area contributed by atoms with Gasteiger partial charge in [-0.3, -0.25) is 0 Å². The molecule has 3 rings (SSSR count). The number of nitrogens with zero attached hydrogens (tertiary/aromatic N) is 3. The monoisotopic (exact) mass is 465 g/mol. The van der Waals surface area contributed by atoms with Crippen molar-refractivity contribution in [2.24, 2.45) is 0 Å². The smallest absolute Gasteiger partial charge is 0.410 e. The van der Waals surface area contributed by atoms with Crippen LogP contribution in [0.25, 0.3) is 0 Å². The van der Waals surface area contributed by atoms with Crippen LogP contribution in [0.4, 0.5) is 30.8 Å². The van der Waals surface area contributed by atoms with Crippen LogP contribution in [-0.4, -0.2) is 66.5 Å². The van der Waals surface area contributed by atoms with Gasteiger partial charge in [0.1, 0.15) is 29.9 Å². The zero-order chi connectivity index (χ0) is 23.8. The van der Waals surface area contributed by atoms with Crippen molar-refractivity contribution in [3.63, 3.8) is 0 Å². The fraction of sp³-hybridized carbons (Fsp3) is 0.500. The first-order valence-corrected chi connectivity index (χ1v) is 10.8. The lowest BCUT2D eigenvalue weighted by atomic mass is 10.1. The molecule has 180 valence electrons. The van der Waals surface area contributed by atoms with Gasteiger partial charge in [0.2, 0.25) is 5.88 Å². The number of hydrogen-bond donors (Lipinski definition) is 2. The van der Waals surface area contributed by atoms with E-state index in [1.807, 2.05) is 13.8 Å². The number of halogens is 2. The second kappa shape index (κ2) is 11.6. The Bertz CT molecular complexity index is 939. The standard InChI is InChI=1S/C22H29F2N5O4/c1-14(2)32-22(30)29-7-4-15(5-8-29)33-21-12-20(26-13-27-21)28-19-11-16(23)18(10-17(19)24)25-6-9-31-3/h10-15,25H,4-9H2,1-3H3,(H,26,27,28). The maximum Gasteiger partial charge on any atom is 0.410 e. The summed E-state index contributed by atoms with van der Waals surface area (Å²) in [5.74, 6) is -0.688. The molecular weight excluding hydrogens is 436 g/mol. The van der Waals surface area contributed by atoms with E-state index < -0.39 is 11.6 Å². The third-order valence-electron chi connectivity index (χ3n) is 4.91. The largest absolute Gasteiger partial charge is 0.474 e. The average molecular weight is 466 g/mol. The SMILES string of the molecule is COCCNc1cc(F)c(Nc2cc(OC3CCN(C(=O)OC(C)C)CC3)ncn2)cc1F. The first-order chi connectivity index (χ1) is 15.9. The summed E-state index contributed by atoms with van der Waals surface area (Å²) >= 11 is 0. The van der Waals surface area contributed by atoms with E-state index >= 15 is 0 Å². The molecule has 0 bridgehead atoms. The summed E-state index contributed by atoms with van der Waals surface area (Å²) in [4.78, 5) is 21.8. The Morgan fingerprint density at radius 2 is 1.85 bits per heavy atom. The third kappa shape index (κ3) is 7.14. The normalized spacial score (nSPS) is 14.3. The number of benzene rings is 1. The Balaban J connectivity index is 1.57. The number of methoxy groups -OCH3 is 1. The van der Waals surface area contributed by atoms with E-state index in [-0.39, 0.29) is 35.5 Å². The molecule has 0 spiro atoms. The van der Waals surface area contributed by atoms with Gasteiger partial charge in [-0.15, -0.1) is 0 Å². The molecule has 1 aliphatic heterocycles. The highest BCUT2D eigenvalue weighted by molar-refractivity contribution is 5.68. The lowest BCUT2D eigenvalue weighted by molar-refractivity contribution is 0.0507. The van der Waals surface area contributed by atoms with Crippen LogP contribution in [0.15, 0.2) is 24.5 Å². The molecule has 1 aromatic carbocycles. The second-order valence-electron chi connectivity index (χ2n) is 7.83. The molecule has 1 fully saturated rings. The predicted molar refractivity (Wildman–Crippen MR) is 119 cm³/mol. The number of aromatic nitrogens is 2. The van der Waals surface area contributed by atoms with Gasteiger partial charge in [-0.25, -0.2) is 23.5 Å². The van der Waals surface area contributed by atoms with Crippen LogP contribution in [-0.2, 0) is 9.47 Å². The van der Waals surface area contributed by atoms with Crippen molar-refractivity contribution < 1.29 is 27.8 Å². The van der Waals surface area contributed by atoms with Crippen molar-refractivity contribution in [3.8, 4) is 5.88 Å². The van der Waals surface area contributed by atoms with Gasteiger partial charge in [0.15, 0.2) is 0 Å². The summed E-state index contributed by atoms with van der Waals surface area (Å²) in [6, 6.07) is 3.64. The van der Waals surface area contributed by atoms with Crippen LogP contribution in [0, 0.1) is 11.6 Å². The minimum Gasteiger partial charge on any atom is -0.474 e. The van der Waals surface area contributed by atoms with Crippen molar-refractivity contribution in [2.75, 3.05) is 44.0 Å². The number of rotatable bonds is 9. The number of hydrogen-bond acceptors (Lipinski definition) is 8. The molecule has 0 saturated carbocycles. The lowest BCUT2D eigenvalue weighted by Crippen LogP contribution is -2.42. The van der Waals surface area contributed by atoms with Gasteiger partial charge in [0.05, 0.1) is 24.1 Å². The summed E-state index contributed by atoms with van der Waals surface area (Å²) in [6.45, 7) is 5.37. The first-order valence-electron chi connectivity index (χ1n) is 10.8. The van der Waals surface area contributed by atoms with Gasteiger partial charge in [0.25, 0.3) is 0 Å². The van der Waals surface area contributed by atoms with E-state index in [9.17, 15) is 13.6 Å². The zero-order valence-corrected chi connectivity index (χ0v) is 18.9. The Labute approximate surface area is 191 Å². The summed E-state index contributed by atoms with van der Waals surface area (Å²) in [6.07, 6.45) is 1.89. The van der Waals surface area contributed by atoms with E-state index in [1.165, 1.54) is 19.5 Å². The molecule has 2 N–H and O–H groups in total. The van der Waals surface area contributed by atoms with Gasteiger partial charge >= 0.3 is 6.09 Å². The van der Waals surface area contributed by atoms with Crippen LogP contribution >= 0.6 is 0 Å². The van der Waals surface area contributed by atoms with Crippen molar-refractivity contribution in [3.05, 3.63) is 36.2 Å². The zero-order valence-electron chi connectivity index (χ0n) is 18.9. The Kier molecular flexibility index (Phi) is 8.58.